The van der Waals surface area contributed by atoms with Crippen LogP contribution in [0.25, 0.3) is 0 Å². The Labute approximate surface area is 163 Å². The van der Waals surface area contributed by atoms with Crippen molar-refractivity contribution in [2.24, 2.45) is 0 Å². The van der Waals surface area contributed by atoms with Gasteiger partial charge in [-0.3, -0.25) is 9.10 Å². The zero-order valence-electron chi connectivity index (χ0n) is 15.4. The largest absolute Gasteiger partial charge is 0.497 e. The summed E-state index contributed by atoms with van der Waals surface area (Å²) in [5.41, 5.74) is 0.665. The number of nitrogens with one attached hydrogen (secondary N) is 1. The van der Waals surface area contributed by atoms with Crippen molar-refractivity contribution in [1.29, 1.82) is 0 Å². The Morgan fingerprint density at radius 2 is 1.85 bits per heavy atom. The molecule has 2 rings (SSSR count). The van der Waals surface area contributed by atoms with Crippen LogP contribution in [0.1, 0.15) is 6.92 Å². The van der Waals surface area contributed by atoms with E-state index in [0.717, 1.165) is 10.6 Å². The molecular weight excluding hydrogens is 392 g/mol. The number of hydrogen-bond acceptors (Lipinski definition) is 5. The van der Waals surface area contributed by atoms with Crippen LogP contribution in [-0.2, 0) is 14.8 Å². The Morgan fingerprint density at radius 1 is 1.15 bits per heavy atom. The van der Waals surface area contributed by atoms with E-state index in [2.05, 4.69) is 5.32 Å². The molecule has 1 N–H and O–H groups in total. The van der Waals surface area contributed by atoms with Gasteiger partial charge < -0.3 is 14.8 Å². The summed E-state index contributed by atoms with van der Waals surface area (Å²) >= 11 is 5.97. The average Bonchev–Trinajstić information content (AvgIpc) is 2.60. The second kappa shape index (κ2) is 8.49. The first-order valence-corrected chi connectivity index (χ1v) is 10.2. The van der Waals surface area contributed by atoms with Gasteiger partial charge in [0.2, 0.25) is 15.9 Å². The van der Waals surface area contributed by atoms with E-state index >= 15 is 0 Å². The van der Waals surface area contributed by atoms with E-state index in [0.29, 0.717) is 27.9 Å². The van der Waals surface area contributed by atoms with E-state index in [4.69, 9.17) is 21.1 Å². The second-order valence-electron chi connectivity index (χ2n) is 5.77. The number of methoxy groups -OCH3 is 2. The quantitative estimate of drug-likeness (QED) is 0.755. The third kappa shape index (κ3) is 5.05. The average molecular weight is 413 g/mol. The zero-order chi connectivity index (χ0) is 20.2. The molecule has 0 fully saturated rings. The van der Waals surface area contributed by atoms with Gasteiger partial charge in [-0.05, 0) is 37.3 Å². The number of amides is 1. The first kappa shape index (κ1) is 20.9. The molecule has 1 atom stereocenters. The monoisotopic (exact) mass is 412 g/mol. The lowest BCUT2D eigenvalue weighted by molar-refractivity contribution is -0.116. The van der Waals surface area contributed by atoms with Gasteiger partial charge in [0.15, 0.2) is 0 Å². The predicted molar refractivity (Wildman–Crippen MR) is 106 cm³/mol. The van der Waals surface area contributed by atoms with Crippen LogP contribution in [-0.4, -0.2) is 40.8 Å². The summed E-state index contributed by atoms with van der Waals surface area (Å²) < 4.78 is 36.0. The lowest BCUT2D eigenvalue weighted by Crippen LogP contribution is -2.45. The maximum atomic E-state index is 12.8. The summed E-state index contributed by atoms with van der Waals surface area (Å²) in [5.74, 6) is 0.408. The number of carbonyl (C=O) groups is 1. The van der Waals surface area contributed by atoms with Gasteiger partial charge in [0.05, 0.1) is 31.9 Å². The summed E-state index contributed by atoms with van der Waals surface area (Å²) in [7, 11) is -0.773. The van der Waals surface area contributed by atoms with Gasteiger partial charge in [0.1, 0.15) is 17.5 Å². The second-order valence-corrected chi connectivity index (χ2v) is 8.07. The predicted octanol–water partition coefficient (Wildman–Crippen LogP) is 3.15. The first-order valence-electron chi connectivity index (χ1n) is 7.95. The van der Waals surface area contributed by atoms with Crippen LogP contribution in [0.3, 0.4) is 0 Å². The summed E-state index contributed by atoms with van der Waals surface area (Å²) in [6.45, 7) is 1.49. The van der Waals surface area contributed by atoms with Crippen LogP contribution in [0.5, 0.6) is 11.5 Å². The van der Waals surface area contributed by atoms with Crippen LogP contribution in [0.2, 0.25) is 5.02 Å². The van der Waals surface area contributed by atoms with Crippen LogP contribution >= 0.6 is 11.6 Å². The molecule has 0 aliphatic heterocycles. The van der Waals surface area contributed by atoms with E-state index in [1.807, 2.05) is 0 Å². The molecule has 0 heterocycles. The van der Waals surface area contributed by atoms with Crippen LogP contribution in [0.4, 0.5) is 11.4 Å². The maximum Gasteiger partial charge on any atom is 0.248 e. The van der Waals surface area contributed by atoms with Crippen molar-refractivity contribution in [1.82, 2.24) is 0 Å². The highest BCUT2D eigenvalue weighted by Crippen LogP contribution is 2.30. The molecule has 1 amide bonds. The Hall–Kier alpha value is -2.45. The van der Waals surface area contributed by atoms with Gasteiger partial charge in [-0.2, -0.15) is 0 Å². The molecule has 0 radical (unpaired) electrons. The van der Waals surface area contributed by atoms with Gasteiger partial charge in [0, 0.05) is 11.1 Å². The van der Waals surface area contributed by atoms with Crippen molar-refractivity contribution in [2.45, 2.75) is 13.0 Å². The summed E-state index contributed by atoms with van der Waals surface area (Å²) in [6.07, 6.45) is 1.03. The minimum atomic E-state index is -3.74. The van der Waals surface area contributed by atoms with Crippen LogP contribution in [0.15, 0.2) is 42.5 Å². The number of rotatable bonds is 7. The molecule has 7 nitrogen and oxygen atoms in total. The Balaban J connectivity index is 2.36. The molecule has 27 heavy (non-hydrogen) atoms. The van der Waals surface area contributed by atoms with Gasteiger partial charge in [-0.25, -0.2) is 8.42 Å². The first-order chi connectivity index (χ1) is 12.7. The number of sulfonamides is 1. The Kier molecular flexibility index (Phi) is 6.56. The van der Waals surface area contributed by atoms with Gasteiger partial charge in [0.25, 0.3) is 0 Å². The number of anilines is 2. The van der Waals surface area contributed by atoms with E-state index in [1.165, 1.54) is 27.2 Å². The summed E-state index contributed by atoms with van der Waals surface area (Å²) in [4.78, 5) is 12.8. The molecule has 0 bridgehead atoms. The van der Waals surface area contributed by atoms with Crippen LogP contribution in [0, 0.1) is 0 Å². The molecule has 0 aliphatic carbocycles. The number of ether oxygens (including phenoxy) is 2. The standard InChI is InChI=1S/C18H21ClN2O5S/c1-12(21(27(4,23)24)14-7-5-6-13(19)10-14)18(22)20-16-11-15(25-2)8-9-17(16)26-3/h5-12H,1-4H3,(H,20,22)/t12-/m1/s1. The Bertz CT molecular complexity index is 933. The van der Waals surface area contributed by atoms with Gasteiger partial charge >= 0.3 is 0 Å². The van der Waals surface area contributed by atoms with Gasteiger partial charge in [-0.1, -0.05) is 17.7 Å². The number of carbonyl (C=O) groups excluding carboxylic acids is 1. The minimum absolute atomic E-state index is 0.297. The third-order valence-corrected chi connectivity index (χ3v) is 5.29. The van der Waals surface area contributed by atoms with Crippen molar-refractivity contribution in [3.05, 3.63) is 47.5 Å². The van der Waals surface area contributed by atoms with E-state index in [9.17, 15) is 13.2 Å². The fraction of sp³-hybridized carbons (Fsp3) is 0.278. The fourth-order valence-corrected chi connectivity index (χ4v) is 3.92. The number of benzene rings is 2. The van der Waals surface area contributed by atoms with Crippen molar-refractivity contribution >= 4 is 38.9 Å². The highest BCUT2D eigenvalue weighted by Gasteiger charge is 2.29. The van der Waals surface area contributed by atoms with Gasteiger partial charge in [-0.15, -0.1) is 0 Å². The van der Waals surface area contributed by atoms with Crippen molar-refractivity contribution in [2.75, 3.05) is 30.1 Å². The molecule has 146 valence electrons. The maximum absolute atomic E-state index is 12.8. The SMILES string of the molecule is COc1ccc(OC)c(NC(=O)[C@@H](C)N(c2cccc(Cl)c2)S(C)(=O)=O)c1. The lowest BCUT2D eigenvalue weighted by atomic mass is 10.2. The molecule has 0 saturated carbocycles. The van der Waals surface area contributed by atoms with E-state index < -0.39 is 22.0 Å². The van der Waals surface area contributed by atoms with Crippen molar-refractivity contribution in [3.63, 3.8) is 0 Å². The summed E-state index contributed by atoms with van der Waals surface area (Å²) in [5, 5.41) is 3.05. The number of nitrogens with zero attached hydrogens (tertiary/aromatic N) is 1. The normalized spacial score (nSPS) is 12.2. The smallest absolute Gasteiger partial charge is 0.248 e. The molecular formula is C18H21ClN2O5S. The molecule has 2 aromatic carbocycles. The molecule has 9 heteroatoms. The van der Waals surface area contributed by atoms with E-state index in [-0.39, 0.29) is 0 Å². The molecule has 2 aromatic rings. The van der Waals surface area contributed by atoms with Crippen molar-refractivity contribution in [3.8, 4) is 11.5 Å². The molecule has 0 aliphatic rings. The van der Waals surface area contributed by atoms with Crippen LogP contribution < -0.4 is 19.1 Å². The molecule has 0 saturated heterocycles. The summed E-state index contributed by atoms with van der Waals surface area (Å²) in [6, 6.07) is 10.2. The molecule has 0 unspecified atom stereocenters. The van der Waals surface area contributed by atoms with E-state index in [1.54, 1.807) is 36.4 Å². The Morgan fingerprint density at radius 3 is 2.41 bits per heavy atom. The number of halogens is 1. The van der Waals surface area contributed by atoms with Crippen molar-refractivity contribution < 1.29 is 22.7 Å². The fourth-order valence-electron chi connectivity index (χ4n) is 2.57. The molecule has 0 aromatic heterocycles. The number of hydrogen-bond donors (Lipinski definition) is 1. The molecule has 0 spiro atoms. The third-order valence-electron chi connectivity index (χ3n) is 3.82. The highest BCUT2D eigenvalue weighted by atomic mass is 35.5. The topological polar surface area (TPSA) is 84.9 Å². The zero-order valence-corrected chi connectivity index (χ0v) is 17.0. The minimum Gasteiger partial charge on any atom is -0.497 e. The lowest BCUT2D eigenvalue weighted by Gasteiger charge is -2.28. The highest BCUT2D eigenvalue weighted by molar-refractivity contribution is 7.92.